The lowest BCUT2D eigenvalue weighted by Gasteiger charge is -2.23. The Morgan fingerprint density at radius 3 is 2.46 bits per heavy atom. The van der Waals surface area contributed by atoms with Gasteiger partial charge in [-0.25, -0.2) is 9.78 Å². The summed E-state index contributed by atoms with van der Waals surface area (Å²) in [5, 5.41) is 15.4. The molecule has 11 heteroatoms. The summed E-state index contributed by atoms with van der Waals surface area (Å²) < 4.78 is 5.13. The number of carboxylic acid groups (broad SMARTS) is 1. The number of aliphatic carboxylic acids is 1. The van der Waals surface area contributed by atoms with Gasteiger partial charge in [-0.05, 0) is 20.8 Å². The van der Waals surface area contributed by atoms with E-state index >= 15 is 0 Å². The van der Waals surface area contributed by atoms with Crippen LogP contribution in [0.3, 0.4) is 0 Å². The predicted molar refractivity (Wildman–Crippen MR) is 89.1 cm³/mol. The molecule has 0 aliphatic carbocycles. The number of nitrogens with zero attached hydrogens (tertiary/aromatic N) is 1. The minimum atomic E-state index is -1.20. The molecule has 144 valence electrons. The van der Waals surface area contributed by atoms with Gasteiger partial charge in [0.05, 0.1) is 18.6 Å². The third-order valence-electron chi connectivity index (χ3n) is 2.84. The number of H-pyrrole nitrogens is 1. The van der Waals surface area contributed by atoms with Crippen molar-refractivity contribution in [2.45, 2.75) is 38.8 Å². The van der Waals surface area contributed by atoms with Gasteiger partial charge in [-0.15, -0.1) is 0 Å². The number of amides is 3. The van der Waals surface area contributed by atoms with Crippen molar-refractivity contribution in [2.75, 3.05) is 13.1 Å². The molecule has 0 aromatic carbocycles. The van der Waals surface area contributed by atoms with Crippen molar-refractivity contribution < 1.29 is 29.0 Å². The van der Waals surface area contributed by atoms with Gasteiger partial charge < -0.3 is 30.8 Å². The Kier molecular flexibility index (Phi) is 7.56. The first-order valence-corrected chi connectivity index (χ1v) is 7.80. The van der Waals surface area contributed by atoms with Crippen LogP contribution in [0.2, 0.25) is 0 Å². The first kappa shape index (κ1) is 20.9. The molecule has 5 N–H and O–H groups in total. The number of aromatic nitrogens is 2. The van der Waals surface area contributed by atoms with Gasteiger partial charge in [-0.1, -0.05) is 0 Å². The van der Waals surface area contributed by atoms with Crippen LogP contribution in [-0.2, 0) is 25.5 Å². The van der Waals surface area contributed by atoms with Crippen LogP contribution in [-0.4, -0.2) is 63.7 Å². The Bertz CT molecular complexity index is 637. The second-order valence-electron chi connectivity index (χ2n) is 6.35. The Morgan fingerprint density at radius 1 is 1.23 bits per heavy atom. The highest BCUT2D eigenvalue weighted by atomic mass is 16.6. The van der Waals surface area contributed by atoms with Crippen LogP contribution in [0.5, 0.6) is 0 Å². The van der Waals surface area contributed by atoms with Crippen LogP contribution in [0.4, 0.5) is 4.79 Å². The Labute approximate surface area is 149 Å². The molecule has 0 saturated heterocycles. The standard InChI is InChI=1S/C15H23N5O6/c1-15(2,3)26-14(25)20-10(4-9-5-16-8-19-9)13(24)18-6-11(21)17-7-12(22)23/h5,8,10H,4,6-7H2,1-3H3,(H,16,19)(H,17,21)(H,18,24)(H,20,25)(H,22,23). The van der Waals surface area contributed by atoms with Gasteiger partial charge in [-0.2, -0.15) is 0 Å². The Hall–Kier alpha value is -3.11. The second-order valence-corrected chi connectivity index (χ2v) is 6.35. The lowest BCUT2D eigenvalue weighted by atomic mass is 10.1. The van der Waals surface area contributed by atoms with E-state index < -0.39 is 48.6 Å². The molecule has 0 spiro atoms. The van der Waals surface area contributed by atoms with E-state index in [9.17, 15) is 19.2 Å². The summed E-state index contributed by atoms with van der Waals surface area (Å²) in [4.78, 5) is 52.8. The molecule has 1 aromatic rings. The third-order valence-corrected chi connectivity index (χ3v) is 2.84. The van der Waals surface area contributed by atoms with E-state index in [1.54, 1.807) is 27.0 Å². The van der Waals surface area contributed by atoms with Crippen LogP contribution < -0.4 is 16.0 Å². The average molecular weight is 369 g/mol. The minimum absolute atomic E-state index is 0.0747. The maximum Gasteiger partial charge on any atom is 0.408 e. The average Bonchev–Trinajstić information content (AvgIpc) is 3.01. The first-order chi connectivity index (χ1) is 12.1. The molecule has 1 atom stereocenters. The van der Waals surface area contributed by atoms with Crippen molar-refractivity contribution >= 4 is 23.9 Å². The fourth-order valence-corrected chi connectivity index (χ4v) is 1.80. The summed E-state index contributed by atoms with van der Waals surface area (Å²) in [6.07, 6.45) is 2.28. The largest absolute Gasteiger partial charge is 0.480 e. The van der Waals surface area contributed by atoms with Gasteiger partial charge in [0.25, 0.3) is 0 Å². The number of carbonyl (C=O) groups is 4. The molecule has 0 fully saturated rings. The molecule has 1 unspecified atom stereocenters. The van der Waals surface area contributed by atoms with E-state index in [1.165, 1.54) is 6.33 Å². The summed E-state index contributed by atoms with van der Waals surface area (Å²) in [6.45, 7) is 4.06. The number of alkyl carbamates (subject to hydrolysis) is 1. The topological polar surface area (TPSA) is 163 Å². The van der Waals surface area contributed by atoms with Gasteiger partial charge in [0.2, 0.25) is 11.8 Å². The highest BCUT2D eigenvalue weighted by Crippen LogP contribution is 2.07. The molecule has 1 heterocycles. The molecule has 0 saturated carbocycles. The van der Waals surface area contributed by atoms with E-state index in [1.807, 2.05) is 0 Å². The number of hydrogen-bond acceptors (Lipinski definition) is 6. The number of rotatable bonds is 8. The zero-order valence-electron chi connectivity index (χ0n) is 14.8. The maximum absolute atomic E-state index is 12.3. The van der Waals surface area contributed by atoms with Gasteiger partial charge in [0.15, 0.2) is 0 Å². The lowest BCUT2D eigenvalue weighted by molar-refractivity contribution is -0.137. The van der Waals surface area contributed by atoms with Crippen molar-refractivity contribution in [3.05, 3.63) is 18.2 Å². The summed E-state index contributed by atoms with van der Waals surface area (Å²) >= 11 is 0. The SMILES string of the molecule is CC(C)(C)OC(=O)NC(Cc1c[nH]cn1)C(=O)NCC(=O)NCC(=O)O. The van der Waals surface area contributed by atoms with Gasteiger partial charge in [0.1, 0.15) is 18.2 Å². The summed E-state index contributed by atoms with van der Waals surface area (Å²) in [5.74, 6) is -2.51. The zero-order chi connectivity index (χ0) is 19.7. The van der Waals surface area contributed by atoms with Gasteiger partial charge in [0, 0.05) is 12.6 Å². The highest BCUT2D eigenvalue weighted by molar-refractivity contribution is 5.90. The van der Waals surface area contributed by atoms with Gasteiger partial charge >= 0.3 is 12.1 Å². The fourth-order valence-electron chi connectivity index (χ4n) is 1.80. The number of carbonyl (C=O) groups excluding carboxylic acids is 3. The Balaban J connectivity index is 2.65. The number of carboxylic acids is 1. The fraction of sp³-hybridized carbons (Fsp3) is 0.533. The molecule has 1 aromatic heterocycles. The second kappa shape index (κ2) is 9.39. The van der Waals surface area contributed by atoms with Crippen LogP contribution in [0.1, 0.15) is 26.5 Å². The van der Waals surface area contributed by atoms with E-state index in [4.69, 9.17) is 9.84 Å². The van der Waals surface area contributed by atoms with Crippen LogP contribution in [0, 0.1) is 0 Å². The first-order valence-electron chi connectivity index (χ1n) is 7.80. The normalized spacial score (nSPS) is 12.0. The van der Waals surface area contributed by atoms with Crippen molar-refractivity contribution in [1.29, 1.82) is 0 Å². The maximum atomic E-state index is 12.3. The van der Waals surface area contributed by atoms with E-state index in [2.05, 4.69) is 25.9 Å². The highest BCUT2D eigenvalue weighted by Gasteiger charge is 2.25. The molecule has 1 rings (SSSR count). The summed E-state index contributed by atoms with van der Waals surface area (Å²) in [7, 11) is 0. The molecule has 0 aliphatic rings. The number of ether oxygens (including phenoxy) is 1. The molecule has 26 heavy (non-hydrogen) atoms. The molecule has 3 amide bonds. The van der Waals surface area contributed by atoms with E-state index in [0.29, 0.717) is 5.69 Å². The molecule has 11 nitrogen and oxygen atoms in total. The molecule has 0 aliphatic heterocycles. The van der Waals surface area contributed by atoms with Crippen molar-refractivity contribution in [3.8, 4) is 0 Å². The monoisotopic (exact) mass is 369 g/mol. The van der Waals surface area contributed by atoms with Crippen molar-refractivity contribution in [3.63, 3.8) is 0 Å². The number of hydrogen-bond donors (Lipinski definition) is 5. The van der Waals surface area contributed by atoms with Crippen molar-refractivity contribution in [2.24, 2.45) is 0 Å². The number of imidazole rings is 1. The minimum Gasteiger partial charge on any atom is -0.480 e. The van der Waals surface area contributed by atoms with E-state index in [0.717, 1.165) is 0 Å². The molecular weight excluding hydrogens is 346 g/mol. The summed E-state index contributed by atoms with van der Waals surface area (Å²) in [6, 6.07) is -1.03. The number of aromatic amines is 1. The van der Waals surface area contributed by atoms with Crippen molar-refractivity contribution in [1.82, 2.24) is 25.9 Å². The lowest BCUT2D eigenvalue weighted by Crippen LogP contribution is -2.51. The molecule has 0 bridgehead atoms. The van der Waals surface area contributed by atoms with Crippen LogP contribution in [0.15, 0.2) is 12.5 Å². The third kappa shape index (κ3) is 8.66. The summed E-state index contributed by atoms with van der Waals surface area (Å²) in [5.41, 5.74) is -0.217. The van der Waals surface area contributed by atoms with Crippen LogP contribution >= 0.6 is 0 Å². The van der Waals surface area contributed by atoms with E-state index in [-0.39, 0.29) is 6.42 Å². The number of nitrogens with one attached hydrogen (secondary N) is 4. The Morgan fingerprint density at radius 2 is 1.92 bits per heavy atom. The quantitative estimate of drug-likeness (QED) is 0.399. The molecule has 0 radical (unpaired) electrons. The zero-order valence-corrected chi connectivity index (χ0v) is 14.8. The van der Waals surface area contributed by atoms with Gasteiger partial charge in [-0.3, -0.25) is 14.4 Å². The predicted octanol–water partition coefficient (Wildman–Crippen LogP) is -0.837. The smallest absolute Gasteiger partial charge is 0.408 e. The van der Waals surface area contributed by atoms with Crippen LogP contribution in [0.25, 0.3) is 0 Å². The molecular formula is C15H23N5O6.